The molecule has 0 fully saturated rings. The SMILES string of the molecule is Cc1cc(Cl)cnc1C(=O)O.[2H]c1nc(C(=O)O)c(C([2H])([2H])[2H])c([2H])c1Cl. The number of aryl methyl sites for hydroxylation is 1. The third-order valence-electron chi connectivity index (χ3n) is 2.19. The van der Waals surface area contributed by atoms with Crippen molar-refractivity contribution in [3.05, 3.63) is 57.0 Å². The van der Waals surface area contributed by atoms with Crippen molar-refractivity contribution in [3.63, 3.8) is 0 Å². The molecule has 2 rings (SSSR count). The molecular formula is C14H12Cl2N2O4. The normalized spacial score (nSPS) is 13.5. The second kappa shape index (κ2) is 7.72. The van der Waals surface area contributed by atoms with Gasteiger partial charge in [-0.1, -0.05) is 23.2 Å². The Morgan fingerprint density at radius 1 is 1.14 bits per heavy atom. The fraction of sp³-hybridized carbons (Fsp3) is 0.143. The van der Waals surface area contributed by atoms with E-state index in [1.54, 1.807) is 13.0 Å². The fourth-order valence-electron chi connectivity index (χ4n) is 1.28. The number of pyridine rings is 2. The van der Waals surface area contributed by atoms with E-state index >= 15 is 0 Å². The third-order valence-corrected chi connectivity index (χ3v) is 2.57. The first-order valence-electron chi connectivity index (χ1n) is 8.03. The molecule has 0 bridgehead atoms. The molecule has 116 valence electrons. The molecule has 0 atom stereocenters. The van der Waals surface area contributed by atoms with Crippen LogP contribution in [0, 0.1) is 13.8 Å². The predicted molar refractivity (Wildman–Crippen MR) is 81.9 cm³/mol. The zero-order chi connectivity index (χ0) is 21.1. The van der Waals surface area contributed by atoms with Gasteiger partial charge in [0.05, 0.1) is 12.8 Å². The van der Waals surface area contributed by atoms with Crippen LogP contribution < -0.4 is 0 Å². The first kappa shape index (κ1) is 11.4. The Balaban J connectivity index is 0.000000289. The lowest BCUT2D eigenvalue weighted by Gasteiger charge is -1.97. The molecule has 22 heavy (non-hydrogen) atoms. The molecule has 0 radical (unpaired) electrons. The minimum Gasteiger partial charge on any atom is -0.477 e. The quantitative estimate of drug-likeness (QED) is 0.862. The van der Waals surface area contributed by atoms with E-state index in [9.17, 15) is 9.59 Å². The van der Waals surface area contributed by atoms with Crippen LogP contribution in [0.15, 0.2) is 24.5 Å². The largest absolute Gasteiger partial charge is 0.477 e. The molecule has 0 aliphatic heterocycles. The molecule has 8 heteroatoms. The van der Waals surface area contributed by atoms with E-state index in [2.05, 4.69) is 9.97 Å². The summed E-state index contributed by atoms with van der Waals surface area (Å²) in [6.45, 7) is -1.16. The van der Waals surface area contributed by atoms with E-state index in [-0.39, 0.29) is 5.69 Å². The van der Waals surface area contributed by atoms with Crippen LogP contribution in [0.2, 0.25) is 10.0 Å². The van der Waals surface area contributed by atoms with E-state index in [4.69, 9.17) is 40.3 Å². The van der Waals surface area contributed by atoms with Gasteiger partial charge in [0, 0.05) is 16.5 Å². The van der Waals surface area contributed by atoms with E-state index in [0.29, 0.717) is 10.6 Å². The number of rotatable bonds is 2. The summed E-state index contributed by atoms with van der Waals surface area (Å²) >= 11 is 11.1. The maximum absolute atomic E-state index is 10.8. The second-order valence-electron chi connectivity index (χ2n) is 3.82. The lowest BCUT2D eigenvalue weighted by molar-refractivity contribution is 0.0679. The molecule has 0 aliphatic carbocycles. The lowest BCUT2D eigenvalue weighted by Crippen LogP contribution is -2.02. The molecular weight excluding hydrogens is 331 g/mol. The van der Waals surface area contributed by atoms with Crippen molar-refractivity contribution in [1.82, 2.24) is 9.97 Å². The molecule has 2 heterocycles. The topological polar surface area (TPSA) is 100 Å². The molecule has 0 aliphatic rings. The Morgan fingerprint density at radius 3 is 2.23 bits per heavy atom. The van der Waals surface area contributed by atoms with Crippen LogP contribution in [0.5, 0.6) is 0 Å². The second-order valence-corrected chi connectivity index (χ2v) is 4.63. The molecule has 0 aromatic carbocycles. The van der Waals surface area contributed by atoms with Gasteiger partial charge in [0.2, 0.25) is 0 Å². The van der Waals surface area contributed by atoms with Crippen LogP contribution in [0.3, 0.4) is 0 Å². The van der Waals surface area contributed by atoms with Crippen molar-refractivity contribution >= 4 is 35.1 Å². The summed E-state index contributed by atoms with van der Waals surface area (Å²) in [5, 5.41) is 17.3. The van der Waals surface area contributed by atoms with Crippen LogP contribution in [0.4, 0.5) is 0 Å². The highest BCUT2D eigenvalue weighted by Crippen LogP contribution is 2.12. The highest BCUT2D eigenvalue weighted by molar-refractivity contribution is 6.30. The summed E-state index contributed by atoms with van der Waals surface area (Å²) in [7, 11) is 0. The Hall–Kier alpha value is -2.18. The van der Waals surface area contributed by atoms with Crippen LogP contribution in [-0.4, -0.2) is 32.1 Å². The molecule has 0 saturated carbocycles. The Kier molecular flexibility index (Phi) is 4.00. The number of carboxylic acid groups (broad SMARTS) is 2. The number of nitrogens with zero attached hydrogens (tertiary/aromatic N) is 2. The van der Waals surface area contributed by atoms with Crippen LogP contribution in [0.1, 0.15) is 39.0 Å². The van der Waals surface area contributed by atoms with Crippen molar-refractivity contribution in [2.75, 3.05) is 0 Å². The van der Waals surface area contributed by atoms with Gasteiger partial charge in [0.1, 0.15) is 0 Å². The number of aromatic nitrogens is 2. The van der Waals surface area contributed by atoms with Crippen molar-refractivity contribution < 1.29 is 26.7 Å². The highest BCUT2D eigenvalue weighted by atomic mass is 35.5. The summed E-state index contributed by atoms with van der Waals surface area (Å²) in [6, 6.07) is 0.872. The minimum atomic E-state index is -2.81. The fourth-order valence-corrected chi connectivity index (χ4v) is 1.63. The van der Waals surface area contributed by atoms with Crippen LogP contribution in [0.25, 0.3) is 0 Å². The standard InChI is InChI=1S/2C7H6ClNO2/c2*1-4-2-5(8)3-9-6(4)7(10)11/h2*2-3H,1H3,(H,10,11)/i1D3,2D,3D;. The molecule has 2 aromatic rings. The van der Waals surface area contributed by atoms with E-state index < -0.39 is 47.3 Å². The number of carbonyl (C=O) groups is 2. The van der Waals surface area contributed by atoms with Gasteiger partial charge in [-0.05, 0) is 37.0 Å². The van der Waals surface area contributed by atoms with Crippen molar-refractivity contribution in [3.8, 4) is 0 Å². The summed E-state index contributed by atoms with van der Waals surface area (Å²) in [5.41, 5.74) is -0.959. The maximum atomic E-state index is 10.8. The molecule has 2 N–H and O–H groups in total. The molecule has 0 unspecified atom stereocenters. The van der Waals surface area contributed by atoms with E-state index in [1.165, 1.54) is 6.20 Å². The summed E-state index contributed by atoms with van der Waals surface area (Å²) in [6.07, 6.45) is 0.690. The van der Waals surface area contributed by atoms with Crippen molar-refractivity contribution in [2.45, 2.75) is 13.8 Å². The number of carboxylic acids is 2. The number of halogens is 2. The first-order valence-corrected chi connectivity index (χ1v) is 6.28. The van der Waals surface area contributed by atoms with Crippen LogP contribution >= 0.6 is 23.2 Å². The van der Waals surface area contributed by atoms with Crippen molar-refractivity contribution in [1.29, 1.82) is 0 Å². The summed E-state index contributed by atoms with van der Waals surface area (Å²) in [4.78, 5) is 28.1. The Morgan fingerprint density at radius 2 is 1.73 bits per heavy atom. The van der Waals surface area contributed by atoms with Gasteiger partial charge in [0.15, 0.2) is 11.4 Å². The Labute approximate surface area is 143 Å². The van der Waals surface area contributed by atoms with E-state index in [0.717, 1.165) is 0 Å². The molecule has 6 nitrogen and oxygen atoms in total. The highest BCUT2D eigenvalue weighted by Gasteiger charge is 2.08. The summed E-state index contributed by atoms with van der Waals surface area (Å²) in [5.74, 6) is -2.64. The minimum absolute atomic E-state index is 0.0504. The van der Waals surface area contributed by atoms with E-state index in [1.807, 2.05) is 0 Å². The van der Waals surface area contributed by atoms with Gasteiger partial charge >= 0.3 is 11.9 Å². The Bertz CT molecular complexity index is 906. The first-order chi connectivity index (χ1) is 12.3. The van der Waals surface area contributed by atoms with Gasteiger partial charge in [-0.15, -0.1) is 0 Å². The lowest BCUT2D eigenvalue weighted by atomic mass is 10.2. The number of hydrogen-bond acceptors (Lipinski definition) is 4. The number of aromatic carboxylic acids is 2. The molecule has 0 amide bonds. The average Bonchev–Trinajstić information content (AvgIpc) is 2.50. The summed E-state index contributed by atoms with van der Waals surface area (Å²) < 4.78 is 35.9. The molecule has 2 aromatic heterocycles. The third kappa shape index (κ3) is 4.98. The zero-order valence-electron chi connectivity index (χ0n) is 16.0. The smallest absolute Gasteiger partial charge is 0.354 e. The zero-order valence-corrected chi connectivity index (χ0v) is 12.5. The average molecular weight is 348 g/mol. The number of hydrogen-bond donors (Lipinski definition) is 2. The molecule has 0 spiro atoms. The van der Waals surface area contributed by atoms with Gasteiger partial charge in [-0.3, -0.25) is 0 Å². The van der Waals surface area contributed by atoms with Gasteiger partial charge in [0.25, 0.3) is 0 Å². The predicted octanol–water partition coefficient (Wildman–Crippen LogP) is 3.48. The van der Waals surface area contributed by atoms with Gasteiger partial charge < -0.3 is 10.2 Å². The van der Waals surface area contributed by atoms with Gasteiger partial charge in [-0.2, -0.15) is 0 Å². The van der Waals surface area contributed by atoms with Crippen molar-refractivity contribution in [2.24, 2.45) is 0 Å². The molecule has 0 saturated heterocycles. The monoisotopic (exact) mass is 347 g/mol. The van der Waals surface area contributed by atoms with Crippen LogP contribution in [-0.2, 0) is 0 Å². The maximum Gasteiger partial charge on any atom is 0.354 e. The van der Waals surface area contributed by atoms with Gasteiger partial charge in [-0.25, -0.2) is 19.6 Å².